The smallest absolute Gasteiger partial charge is 0.233 e. The summed E-state index contributed by atoms with van der Waals surface area (Å²) in [5.41, 5.74) is 1.56. The molecule has 0 saturated heterocycles. The van der Waals surface area contributed by atoms with Crippen LogP contribution in [0, 0.1) is 12.8 Å². The van der Waals surface area contributed by atoms with E-state index in [2.05, 4.69) is 12.6 Å². The van der Waals surface area contributed by atoms with E-state index >= 15 is 0 Å². The third-order valence-electron chi connectivity index (χ3n) is 2.11. The number of Topliss-reactive ketones (excluding diaryl/α,β-unsaturated/α-hetero) is 1. The zero-order valence-electron chi connectivity index (χ0n) is 8.24. The van der Waals surface area contributed by atoms with Crippen molar-refractivity contribution >= 4 is 35.3 Å². The van der Waals surface area contributed by atoms with Gasteiger partial charge in [0.05, 0.1) is 0 Å². The molecule has 0 heterocycles. The molecular formula is C11H11ClO2S. The van der Waals surface area contributed by atoms with Crippen molar-refractivity contribution < 1.29 is 9.59 Å². The van der Waals surface area contributed by atoms with Crippen molar-refractivity contribution in [2.24, 2.45) is 5.92 Å². The van der Waals surface area contributed by atoms with Crippen LogP contribution in [0.5, 0.6) is 0 Å². The molecule has 0 aliphatic carbocycles. The SMILES string of the molecule is Cc1ccc(C(=O)[C@@H](CS)C(=O)Cl)cc1. The van der Waals surface area contributed by atoms with Crippen LogP contribution in [-0.2, 0) is 4.79 Å². The summed E-state index contributed by atoms with van der Waals surface area (Å²) in [7, 11) is 0. The first-order chi connectivity index (χ1) is 7.06. The summed E-state index contributed by atoms with van der Waals surface area (Å²) in [4.78, 5) is 22.7. The van der Waals surface area contributed by atoms with Gasteiger partial charge in [-0.2, -0.15) is 12.6 Å². The second-order valence-corrected chi connectivity index (χ2v) is 4.01. The minimum absolute atomic E-state index is 0.134. The average molecular weight is 243 g/mol. The highest BCUT2D eigenvalue weighted by molar-refractivity contribution is 7.80. The van der Waals surface area contributed by atoms with Crippen LogP contribution in [0.4, 0.5) is 0 Å². The molecule has 2 nitrogen and oxygen atoms in total. The molecular weight excluding hydrogens is 232 g/mol. The molecule has 0 aliphatic rings. The van der Waals surface area contributed by atoms with E-state index in [1.807, 2.05) is 19.1 Å². The Labute approximate surface area is 99.0 Å². The molecule has 1 atom stereocenters. The predicted molar refractivity (Wildman–Crippen MR) is 63.7 cm³/mol. The van der Waals surface area contributed by atoms with Crippen molar-refractivity contribution in [2.75, 3.05) is 5.75 Å². The molecule has 0 saturated carbocycles. The third kappa shape index (κ3) is 3.08. The molecule has 0 aromatic heterocycles. The van der Waals surface area contributed by atoms with E-state index in [4.69, 9.17) is 11.6 Å². The molecule has 0 radical (unpaired) electrons. The maximum atomic E-state index is 11.8. The lowest BCUT2D eigenvalue weighted by Crippen LogP contribution is -2.22. The number of benzene rings is 1. The highest BCUT2D eigenvalue weighted by Gasteiger charge is 2.24. The summed E-state index contributed by atoms with van der Waals surface area (Å²) in [5, 5.41) is -0.657. The predicted octanol–water partition coefficient (Wildman–Crippen LogP) is 2.49. The van der Waals surface area contributed by atoms with Crippen LogP contribution in [0.25, 0.3) is 0 Å². The van der Waals surface area contributed by atoms with Crippen LogP contribution < -0.4 is 0 Å². The molecule has 0 aliphatic heterocycles. The summed E-state index contributed by atoms with van der Waals surface area (Å²) in [6.45, 7) is 1.93. The van der Waals surface area contributed by atoms with Crippen molar-refractivity contribution in [1.82, 2.24) is 0 Å². The van der Waals surface area contributed by atoms with E-state index < -0.39 is 11.2 Å². The lowest BCUT2D eigenvalue weighted by atomic mass is 9.99. The third-order valence-corrected chi connectivity index (χ3v) is 2.74. The fourth-order valence-corrected chi connectivity index (χ4v) is 1.79. The van der Waals surface area contributed by atoms with Gasteiger partial charge in [-0.15, -0.1) is 0 Å². The van der Waals surface area contributed by atoms with Crippen molar-refractivity contribution in [1.29, 1.82) is 0 Å². The van der Waals surface area contributed by atoms with Gasteiger partial charge in [0.1, 0.15) is 5.92 Å². The number of hydrogen-bond donors (Lipinski definition) is 1. The minimum atomic E-state index is -0.849. The van der Waals surface area contributed by atoms with Gasteiger partial charge in [0.15, 0.2) is 5.78 Å². The fourth-order valence-electron chi connectivity index (χ4n) is 1.18. The highest BCUT2D eigenvalue weighted by Crippen LogP contribution is 2.14. The first-order valence-electron chi connectivity index (χ1n) is 4.47. The summed E-state index contributed by atoms with van der Waals surface area (Å²) in [5.74, 6) is -0.989. The van der Waals surface area contributed by atoms with Gasteiger partial charge in [-0.05, 0) is 18.5 Å². The number of rotatable bonds is 4. The van der Waals surface area contributed by atoms with Crippen LogP contribution in [0.2, 0.25) is 0 Å². The van der Waals surface area contributed by atoms with Crippen LogP contribution in [-0.4, -0.2) is 16.8 Å². The van der Waals surface area contributed by atoms with E-state index in [9.17, 15) is 9.59 Å². The monoisotopic (exact) mass is 242 g/mol. The largest absolute Gasteiger partial charge is 0.293 e. The Hall–Kier alpha value is -0.800. The molecule has 1 rings (SSSR count). The van der Waals surface area contributed by atoms with Gasteiger partial charge in [-0.25, -0.2) is 0 Å². The molecule has 15 heavy (non-hydrogen) atoms. The number of ketones is 1. The topological polar surface area (TPSA) is 34.1 Å². The van der Waals surface area contributed by atoms with E-state index in [-0.39, 0.29) is 11.5 Å². The Morgan fingerprint density at radius 3 is 2.27 bits per heavy atom. The Bertz CT molecular complexity index is 373. The van der Waals surface area contributed by atoms with Crippen molar-refractivity contribution in [3.8, 4) is 0 Å². The maximum absolute atomic E-state index is 11.8. The number of carbonyl (C=O) groups is 2. The molecule has 80 valence electrons. The molecule has 4 heteroatoms. The first-order valence-corrected chi connectivity index (χ1v) is 5.48. The Balaban J connectivity index is 2.93. The Morgan fingerprint density at radius 1 is 1.33 bits per heavy atom. The molecule has 0 fully saturated rings. The first kappa shape index (κ1) is 12.3. The lowest BCUT2D eigenvalue weighted by molar-refractivity contribution is -0.113. The molecule has 0 N–H and O–H groups in total. The van der Waals surface area contributed by atoms with Gasteiger partial charge in [0, 0.05) is 11.3 Å². The zero-order chi connectivity index (χ0) is 11.4. The highest BCUT2D eigenvalue weighted by atomic mass is 35.5. The van der Waals surface area contributed by atoms with Crippen molar-refractivity contribution in [3.05, 3.63) is 35.4 Å². The molecule has 1 aromatic carbocycles. The lowest BCUT2D eigenvalue weighted by Gasteiger charge is -2.08. The molecule has 0 amide bonds. The van der Waals surface area contributed by atoms with Crippen molar-refractivity contribution in [2.45, 2.75) is 6.92 Å². The number of hydrogen-bond acceptors (Lipinski definition) is 3. The number of carbonyl (C=O) groups excluding carboxylic acids is 2. The quantitative estimate of drug-likeness (QED) is 0.381. The maximum Gasteiger partial charge on any atom is 0.233 e. The second-order valence-electron chi connectivity index (χ2n) is 3.27. The summed E-state index contributed by atoms with van der Waals surface area (Å²) < 4.78 is 0. The summed E-state index contributed by atoms with van der Waals surface area (Å²) >= 11 is 9.25. The van der Waals surface area contributed by atoms with Gasteiger partial charge in [-0.3, -0.25) is 9.59 Å². The summed E-state index contributed by atoms with van der Waals surface area (Å²) in [6.07, 6.45) is 0. The van der Waals surface area contributed by atoms with E-state index in [0.29, 0.717) is 5.56 Å². The van der Waals surface area contributed by atoms with Crippen LogP contribution in [0.3, 0.4) is 0 Å². The minimum Gasteiger partial charge on any atom is -0.293 e. The molecule has 0 unspecified atom stereocenters. The van der Waals surface area contributed by atoms with Crippen LogP contribution >= 0.6 is 24.2 Å². The van der Waals surface area contributed by atoms with E-state index in [0.717, 1.165) is 5.56 Å². The molecule has 0 bridgehead atoms. The average Bonchev–Trinajstić information content (AvgIpc) is 2.19. The molecule has 0 spiro atoms. The van der Waals surface area contributed by atoms with Gasteiger partial charge < -0.3 is 0 Å². The second kappa shape index (κ2) is 5.33. The van der Waals surface area contributed by atoms with Gasteiger partial charge in [-0.1, -0.05) is 29.8 Å². The number of aryl methyl sites for hydroxylation is 1. The fraction of sp³-hybridized carbons (Fsp3) is 0.273. The molecule has 1 aromatic rings. The van der Waals surface area contributed by atoms with Gasteiger partial charge in [0.25, 0.3) is 0 Å². The number of halogens is 1. The summed E-state index contributed by atoms with van der Waals surface area (Å²) in [6, 6.07) is 7.02. The number of thiol groups is 1. The standard InChI is InChI=1S/C11H11ClO2S/c1-7-2-4-8(5-3-7)10(13)9(6-15)11(12)14/h2-5,9,15H,6H2,1H3/t9-/m1/s1. The van der Waals surface area contributed by atoms with Crippen LogP contribution in [0.15, 0.2) is 24.3 Å². The van der Waals surface area contributed by atoms with Gasteiger partial charge in [0.2, 0.25) is 5.24 Å². The zero-order valence-corrected chi connectivity index (χ0v) is 9.89. The Morgan fingerprint density at radius 2 is 1.87 bits per heavy atom. The van der Waals surface area contributed by atoms with E-state index in [1.54, 1.807) is 12.1 Å². The van der Waals surface area contributed by atoms with Crippen LogP contribution in [0.1, 0.15) is 15.9 Å². The van der Waals surface area contributed by atoms with E-state index in [1.165, 1.54) is 0 Å². The van der Waals surface area contributed by atoms with Gasteiger partial charge >= 0.3 is 0 Å². The normalized spacial score (nSPS) is 12.2. The van der Waals surface area contributed by atoms with Crippen molar-refractivity contribution in [3.63, 3.8) is 0 Å². The Kier molecular flexibility index (Phi) is 4.36.